The molecule has 0 aromatic heterocycles. The van der Waals surface area contributed by atoms with Crippen LogP contribution in [0.25, 0.3) is 0 Å². The molecule has 0 saturated heterocycles. The van der Waals surface area contributed by atoms with Gasteiger partial charge in [0, 0.05) is 16.2 Å². The standard InChI is InChI=1S/C10H8ClF2NO2S/c1-2-6-3-8(10(12)13)9(17(11,15)16)4-7(6)5-14/h3-4,10H,2H2,1H3. The molecule has 0 spiro atoms. The quantitative estimate of drug-likeness (QED) is 0.799. The van der Waals surface area contributed by atoms with Crippen molar-refractivity contribution in [3.05, 3.63) is 28.8 Å². The van der Waals surface area contributed by atoms with E-state index in [0.29, 0.717) is 12.0 Å². The van der Waals surface area contributed by atoms with Crippen molar-refractivity contribution in [2.75, 3.05) is 0 Å². The van der Waals surface area contributed by atoms with Gasteiger partial charge in [-0.25, -0.2) is 17.2 Å². The maximum Gasteiger partial charge on any atom is 0.265 e. The summed E-state index contributed by atoms with van der Waals surface area (Å²) in [6.45, 7) is 1.68. The van der Waals surface area contributed by atoms with E-state index in [2.05, 4.69) is 0 Å². The van der Waals surface area contributed by atoms with Crippen LogP contribution >= 0.6 is 10.7 Å². The zero-order chi connectivity index (χ0) is 13.2. The second-order valence-corrected chi connectivity index (χ2v) is 5.79. The summed E-state index contributed by atoms with van der Waals surface area (Å²) in [4.78, 5) is -0.706. The molecule has 3 nitrogen and oxygen atoms in total. The normalized spacial score (nSPS) is 11.5. The van der Waals surface area contributed by atoms with E-state index >= 15 is 0 Å². The van der Waals surface area contributed by atoms with Crippen molar-refractivity contribution in [3.8, 4) is 6.07 Å². The molecule has 7 heteroatoms. The molecule has 0 aliphatic rings. The average Bonchev–Trinajstić information content (AvgIpc) is 2.25. The zero-order valence-corrected chi connectivity index (χ0v) is 10.3. The maximum atomic E-state index is 12.7. The van der Waals surface area contributed by atoms with E-state index < -0.39 is 25.9 Å². The molecule has 0 aliphatic carbocycles. The van der Waals surface area contributed by atoms with Crippen LogP contribution in [-0.4, -0.2) is 8.42 Å². The smallest absolute Gasteiger partial charge is 0.207 e. The summed E-state index contributed by atoms with van der Waals surface area (Å²) in [5, 5.41) is 8.79. The number of hydrogen-bond donors (Lipinski definition) is 0. The lowest BCUT2D eigenvalue weighted by Gasteiger charge is -2.09. The zero-order valence-electron chi connectivity index (χ0n) is 8.75. The monoisotopic (exact) mass is 279 g/mol. The van der Waals surface area contributed by atoms with Gasteiger partial charge in [0.1, 0.15) is 0 Å². The Balaban J connectivity index is 3.65. The van der Waals surface area contributed by atoms with Gasteiger partial charge in [-0.05, 0) is 24.1 Å². The molecule has 1 rings (SSSR count). The van der Waals surface area contributed by atoms with E-state index in [1.165, 1.54) is 0 Å². The number of hydrogen-bond acceptors (Lipinski definition) is 3. The topological polar surface area (TPSA) is 57.9 Å². The van der Waals surface area contributed by atoms with Crippen LogP contribution in [0.3, 0.4) is 0 Å². The molecule has 0 saturated carbocycles. The van der Waals surface area contributed by atoms with Gasteiger partial charge in [0.05, 0.1) is 16.5 Å². The molecule has 0 heterocycles. The van der Waals surface area contributed by atoms with Crippen molar-refractivity contribution in [2.24, 2.45) is 0 Å². The van der Waals surface area contributed by atoms with Gasteiger partial charge in [0.15, 0.2) is 0 Å². The number of aryl methyl sites for hydroxylation is 1. The van der Waals surface area contributed by atoms with Crippen LogP contribution in [0.1, 0.15) is 30.0 Å². The van der Waals surface area contributed by atoms with E-state index in [-0.39, 0.29) is 5.56 Å². The Bertz CT molecular complexity index is 579. The van der Waals surface area contributed by atoms with Crippen LogP contribution < -0.4 is 0 Å². The fourth-order valence-electron chi connectivity index (χ4n) is 1.42. The maximum absolute atomic E-state index is 12.7. The number of rotatable bonds is 3. The predicted molar refractivity (Wildman–Crippen MR) is 58.5 cm³/mol. The average molecular weight is 280 g/mol. The highest BCUT2D eigenvalue weighted by atomic mass is 35.7. The third-order valence-electron chi connectivity index (χ3n) is 2.23. The SMILES string of the molecule is CCc1cc(C(F)F)c(S(=O)(=O)Cl)cc1C#N. The highest BCUT2D eigenvalue weighted by Crippen LogP contribution is 2.31. The minimum atomic E-state index is -4.29. The van der Waals surface area contributed by atoms with E-state index in [4.69, 9.17) is 15.9 Å². The summed E-state index contributed by atoms with van der Waals surface area (Å²) >= 11 is 0. The summed E-state index contributed by atoms with van der Waals surface area (Å²) < 4.78 is 47.7. The third-order valence-corrected chi connectivity index (χ3v) is 3.61. The summed E-state index contributed by atoms with van der Waals surface area (Å²) in [6.07, 6.45) is -2.61. The Kier molecular flexibility index (Phi) is 4.07. The lowest BCUT2D eigenvalue weighted by Crippen LogP contribution is -2.02. The van der Waals surface area contributed by atoms with Gasteiger partial charge >= 0.3 is 0 Å². The van der Waals surface area contributed by atoms with Crippen LogP contribution in [-0.2, 0) is 15.5 Å². The van der Waals surface area contributed by atoms with Crippen LogP contribution in [0.15, 0.2) is 17.0 Å². The first-order chi connectivity index (χ1) is 7.81. The molecule has 0 radical (unpaired) electrons. The van der Waals surface area contributed by atoms with Crippen molar-refractivity contribution >= 4 is 19.7 Å². The fraction of sp³-hybridized carbons (Fsp3) is 0.300. The molecule has 1 aromatic carbocycles. The molecule has 1 aromatic rings. The third kappa shape index (κ3) is 2.93. The molecule has 0 fully saturated rings. The number of halogens is 3. The Morgan fingerprint density at radius 2 is 2.06 bits per heavy atom. The summed E-state index contributed by atoms with van der Waals surface area (Å²) in [6, 6.07) is 3.66. The van der Waals surface area contributed by atoms with Gasteiger partial charge in [-0.15, -0.1) is 0 Å². The van der Waals surface area contributed by atoms with Crippen molar-refractivity contribution in [1.82, 2.24) is 0 Å². The Morgan fingerprint density at radius 1 is 1.47 bits per heavy atom. The van der Waals surface area contributed by atoms with Gasteiger partial charge in [0.2, 0.25) is 0 Å². The Hall–Kier alpha value is -1.19. The molecule has 0 aliphatic heterocycles. The van der Waals surface area contributed by atoms with E-state index in [1.54, 1.807) is 13.0 Å². The molecule has 0 bridgehead atoms. The van der Waals surface area contributed by atoms with Crippen LogP contribution in [0.2, 0.25) is 0 Å². The Labute approximate surface area is 102 Å². The molecule has 0 amide bonds. The van der Waals surface area contributed by atoms with Gasteiger partial charge in [-0.1, -0.05) is 6.92 Å². The summed E-state index contributed by atoms with van der Waals surface area (Å²) in [5.74, 6) is 0. The number of benzene rings is 1. The number of nitrogens with zero attached hydrogens (tertiary/aromatic N) is 1. The molecule has 17 heavy (non-hydrogen) atoms. The second kappa shape index (κ2) is 4.98. The first-order valence-corrected chi connectivity index (χ1v) is 6.92. The van der Waals surface area contributed by atoms with Gasteiger partial charge < -0.3 is 0 Å². The highest BCUT2D eigenvalue weighted by molar-refractivity contribution is 8.13. The largest absolute Gasteiger partial charge is 0.265 e. The van der Waals surface area contributed by atoms with Crippen LogP contribution in [0.5, 0.6) is 0 Å². The number of nitriles is 1. The van der Waals surface area contributed by atoms with Crippen LogP contribution in [0, 0.1) is 11.3 Å². The van der Waals surface area contributed by atoms with Crippen molar-refractivity contribution < 1.29 is 17.2 Å². The number of alkyl halides is 2. The first kappa shape index (κ1) is 13.9. The minimum absolute atomic E-state index is 0.0381. The molecule has 0 N–H and O–H groups in total. The molecular formula is C10H8ClF2NO2S. The van der Waals surface area contributed by atoms with Crippen molar-refractivity contribution in [1.29, 1.82) is 5.26 Å². The molecule has 92 valence electrons. The predicted octanol–water partition coefficient (Wildman–Crippen LogP) is 2.99. The highest BCUT2D eigenvalue weighted by Gasteiger charge is 2.23. The van der Waals surface area contributed by atoms with Crippen molar-refractivity contribution in [2.45, 2.75) is 24.7 Å². The molecule has 0 atom stereocenters. The molecule has 0 unspecified atom stereocenters. The summed E-state index contributed by atoms with van der Waals surface area (Å²) in [7, 11) is 0.767. The van der Waals surface area contributed by atoms with Gasteiger partial charge in [0.25, 0.3) is 15.5 Å². The fourth-order valence-corrected chi connectivity index (χ4v) is 2.51. The lowest BCUT2D eigenvalue weighted by molar-refractivity contribution is 0.148. The van der Waals surface area contributed by atoms with Gasteiger partial charge in [-0.2, -0.15) is 5.26 Å². The second-order valence-electron chi connectivity index (χ2n) is 3.25. The first-order valence-electron chi connectivity index (χ1n) is 4.61. The van der Waals surface area contributed by atoms with Crippen molar-refractivity contribution in [3.63, 3.8) is 0 Å². The lowest BCUT2D eigenvalue weighted by atomic mass is 10.0. The van der Waals surface area contributed by atoms with E-state index in [0.717, 1.165) is 12.1 Å². The van der Waals surface area contributed by atoms with E-state index in [1.807, 2.05) is 0 Å². The van der Waals surface area contributed by atoms with E-state index in [9.17, 15) is 17.2 Å². The summed E-state index contributed by atoms with van der Waals surface area (Å²) in [5.41, 5.74) is -0.265. The molecular weight excluding hydrogens is 272 g/mol. The van der Waals surface area contributed by atoms with Gasteiger partial charge in [-0.3, -0.25) is 0 Å². The minimum Gasteiger partial charge on any atom is -0.207 e. The van der Waals surface area contributed by atoms with Crippen LogP contribution in [0.4, 0.5) is 8.78 Å². The Morgan fingerprint density at radius 3 is 2.41 bits per heavy atom.